The number of methoxy groups -OCH3 is 1. The molecule has 0 N–H and O–H groups in total. The van der Waals surface area contributed by atoms with Crippen LogP contribution in [0.2, 0.25) is 0 Å². The lowest BCUT2D eigenvalue weighted by Crippen LogP contribution is -2.43. The summed E-state index contributed by atoms with van der Waals surface area (Å²) in [6.07, 6.45) is 1.95. The van der Waals surface area contributed by atoms with Crippen molar-refractivity contribution in [1.29, 1.82) is 0 Å². The fourth-order valence-corrected chi connectivity index (χ4v) is 3.80. The van der Waals surface area contributed by atoms with Gasteiger partial charge in [-0.15, -0.1) is 0 Å². The van der Waals surface area contributed by atoms with E-state index in [4.69, 9.17) is 9.47 Å². The van der Waals surface area contributed by atoms with Crippen molar-refractivity contribution >= 4 is 17.6 Å². The molecule has 2 aromatic carbocycles. The maximum absolute atomic E-state index is 13.1. The highest BCUT2D eigenvalue weighted by Gasteiger charge is 2.34. The summed E-state index contributed by atoms with van der Waals surface area (Å²) in [7, 11) is 1.60. The first-order valence-electron chi connectivity index (χ1n) is 10.9. The van der Waals surface area contributed by atoms with Gasteiger partial charge in [0.2, 0.25) is 11.7 Å². The number of ether oxygens (including phenoxy) is 2. The van der Waals surface area contributed by atoms with Crippen LogP contribution >= 0.6 is 0 Å². The molecule has 4 rings (SSSR count). The number of carbonyl (C=O) groups is 3. The molecule has 1 saturated heterocycles. The van der Waals surface area contributed by atoms with E-state index in [0.717, 1.165) is 24.2 Å². The fraction of sp³-hybridized carbons (Fsp3) is 0.400. The summed E-state index contributed by atoms with van der Waals surface area (Å²) in [6.45, 7) is 1.43. The Hall–Kier alpha value is -3.19. The van der Waals surface area contributed by atoms with Crippen LogP contribution in [0.25, 0.3) is 0 Å². The molecular formula is C25H28N2O5. The van der Waals surface area contributed by atoms with E-state index >= 15 is 0 Å². The molecule has 7 nitrogen and oxygen atoms in total. The van der Waals surface area contributed by atoms with Crippen molar-refractivity contribution in [1.82, 2.24) is 9.80 Å². The van der Waals surface area contributed by atoms with Gasteiger partial charge in [-0.25, -0.2) is 0 Å². The molecule has 1 atom stereocenters. The molecule has 0 aromatic heterocycles. The maximum atomic E-state index is 13.1. The number of Topliss-reactive ketones (excluding diaryl/α,β-unsaturated/α-hetero) is 1. The van der Waals surface area contributed by atoms with Crippen molar-refractivity contribution in [2.45, 2.75) is 25.5 Å². The number of hydrogen-bond acceptors (Lipinski definition) is 5. The van der Waals surface area contributed by atoms with E-state index in [0.29, 0.717) is 31.2 Å². The van der Waals surface area contributed by atoms with Crippen molar-refractivity contribution in [2.24, 2.45) is 5.92 Å². The number of rotatable bonds is 8. The van der Waals surface area contributed by atoms with Gasteiger partial charge in [0, 0.05) is 31.8 Å². The highest BCUT2D eigenvalue weighted by molar-refractivity contribution is 6.42. The summed E-state index contributed by atoms with van der Waals surface area (Å²) in [5.74, 6) is -0.222. The third kappa shape index (κ3) is 5.53. The monoisotopic (exact) mass is 436 g/mol. The lowest BCUT2D eigenvalue weighted by molar-refractivity contribution is -0.136. The van der Waals surface area contributed by atoms with Gasteiger partial charge in [0.25, 0.3) is 5.91 Å². The zero-order chi connectivity index (χ0) is 22.5. The third-order valence-corrected chi connectivity index (χ3v) is 5.82. The summed E-state index contributed by atoms with van der Waals surface area (Å²) < 4.78 is 11.4. The van der Waals surface area contributed by atoms with Gasteiger partial charge in [0.05, 0.1) is 13.2 Å². The largest absolute Gasteiger partial charge is 0.497 e. The fourth-order valence-electron chi connectivity index (χ4n) is 3.80. The van der Waals surface area contributed by atoms with Crippen LogP contribution in [0.4, 0.5) is 0 Å². The molecule has 1 saturated carbocycles. The SMILES string of the molecule is COc1cccc(CN2C[C@@H](OCC3CC3)CN(C(=O)C(=O)c3ccccc3)CC2=O)c1. The van der Waals surface area contributed by atoms with Crippen LogP contribution in [0.5, 0.6) is 5.75 Å². The quantitative estimate of drug-likeness (QED) is 0.470. The van der Waals surface area contributed by atoms with Gasteiger partial charge in [0.1, 0.15) is 12.3 Å². The summed E-state index contributed by atoms with van der Waals surface area (Å²) >= 11 is 0. The minimum Gasteiger partial charge on any atom is -0.497 e. The molecule has 2 aliphatic rings. The van der Waals surface area contributed by atoms with Crippen molar-refractivity contribution in [3.8, 4) is 5.75 Å². The zero-order valence-corrected chi connectivity index (χ0v) is 18.2. The van der Waals surface area contributed by atoms with E-state index in [1.54, 1.807) is 42.3 Å². The standard InChI is InChI=1S/C25H28N2O5/c1-31-21-9-5-6-19(12-21)13-26-14-22(32-17-18-10-11-18)15-27(16-23(26)28)25(30)24(29)20-7-3-2-4-8-20/h2-9,12,18,22H,10-11,13-17H2,1H3/t22-/m1/s1. The van der Waals surface area contributed by atoms with E-state index in [9.17, 15) is 14.4 Å². The molecule has 0 unspecified atom stereocenters. The summed E-state index contributed by atoms with van der Waals surface area (Å²) in [4.78, 5) is 41.8. The Bertz CT molecular complexity index is 973. The average molecular weight is 437 g/mol. The average Bonchev–Trinajstić information content (AvgIpc) is 3.66. The topological polar surface area (TPSA) is 76.2 Å². The number of nitrogens with zero attached hydrogens (tertiary/aromatic N) is 2. The Labute approximate surface area is 187 Å². The second-order valence-electron chi connectivity index (χ2n) is 8.41. The van der Waals surface area contributed by atoms with E-state index in [1.807, 2.05) is 24.3 Å². The predicted molar refractivity (Wildman–Crippen MR) is 118 cm³/mol. The van der Waals surface area contributed by atoms with Gasteiger partial charge in [-0.2, -0.15) is 0 Å². The van der Waals surface area contributed by atoms with Crippen LogP contribution in [0.1, 0.15) is 28.8 Å². The highest BCUT2D eigenvalue weighted by Crippen LogP contribution is 2.29. The van der Waals surface area contributed by atoms with Gasteiger partial charge in [-0.1, -0.05) is 42.5 Å². The molecule has 1 aliphatic carbocycles. The van der Waals surface area contributed by atoms with Crippen molar-refractivity contribution in [3.63, 3.8) is 0 Å². The molecule has 32 heavy (non-hydrogen) atoms. The highest BCUT2D eigenvalue weighted by atomic mass is 16.5. The number of hydrogen-bond donors (Lipinski definition) is 0. The van der Waals surface area contributed by atoms with Crippen LogP contribution in [0, 0.1) is 5.92 Å². The third-order valence-electron chi connectivity index (χ3n) is 5.82. The van der Waals surface area contributed by atoms with Crippen LogP contribution in [-0.2, 0) is 20.9 Å². The van der Waals surface area contributed by atoms with Crippen LogP contribution in [0.15, 0.2) is 54.6 Å². The normalized spacial score (nSPS) is 18.9. The first-order chi connectivity index (χ1) is 15.5. The van der Waals surface area contributed by atoms with Gasteiger partial charge in [-0.3, -0.25) is 14.4 Å². The van der Waals surface area contributed by atoms with Crippen LogP contribution in [0.3, 0.4) is 0 Å². The van der Waals surface area contributed by atoms with Crippen molar-refractivity contribution in [3.05, 3.63) is 65.7 Å². The second kappa shape index (κ2) is 9.96. The first-order valence-corrected chi connectivity index (χ1v) is 10.9. The molecular weight excluding hydrogens is 408 g/mol. The summed E-state index contributed by atoms with van der Waals surface area (Å²) in [5, 5.41) is 0. The Morgan fingerprint density at radius 1 is 1.03 bits per heavy atom. The number of benzene rings is 2. The Kier molecular flexibility index (Phi) is 6.85. The molecule has 0 spiro atoms. The van der Waals surface area contributed by atoms with E-state index in [-0.39, 0.29) is 25.1 Å². The smallest absolute Gasteiger partial charge is 0.295 e. The minimum atomic E-state index is -0.673. The van der Waals surface area contributed by atoms with Crippen molar-refractivity contribution in [2.75, 3.05) is 33.4 Å². The molecule has 2 fully saturated rings. The van der Waals surface area contributed by atoms with E-state index in [2.05, 4.69) is 0 Å². The maximum Gasteiger partial charge on any atom is 0.295 e. The zero-order valence-electron chi connectivity index (χ0n) is 18.2. The van der Waals surface area contributed by atoms with Gasteiger partial charge in [-0.05, 0) is 36.5 Å². The number of carbonyl (C=O) groups excluding carboxylic acids is 3. The lowest BCUT2D eigenvalue weighted by Gasteiger charge is -2.25. The van der Waals surface area contributed by atoms with Crippen LogP contribution < -0.4 is 4.74 Å². The van der Waals surface area contributed by atoms with Crippen LogP contribution in [-0.4, -0.2) is 66.9 Å². The molecule has 1 heterocycles. The van der Waals surface area contributed by atoms with Gasteiger partial charge in [0.15, 0.2) is 0 Å². The lowest BCUT2D eigenvalue weighted by atomic mass is 10.1. The predicted octanol–water partition coefficient (Wildman–Crippen LogP) is 2.54. The minimum absolute atomic E-state index is 0.148. The molecule has 7 heteroatoms. The first kappa shape index (κ1) is 22.0. The van der Waals surface area contributed by atoms with Crippen molar-refractivity contribution < 1.29 is 23.9 Å². The van der Waals surface area contributed by atoms with E-state index in [1.165, 1.54) is 4.90 Å². The molecule has 2 amide bonds. The molecule has 1 aliphatic heterocycles. The Morgan fingerprint density at radius 3 is 2.53 bits per heavy atom. The molecule has 168 valence electrons. The van der Waals surface area contributed by atoms with E-state index < -0.39 is 11.7 Å². The van der Waals surface area contributed by atoms with Gasteiger partial charge < -0.3 is 19.3 Å². The molecule has 0 radical (unpaired) electrons. The Morgan fingerprint density at radius 2 is 1.81 bits per heavy atom. The second-order valence-corrected chi connectivity index (χ2v) is 8.41. The summed E-state index contributed by atoms with van der Waals surface area (Å²) in [5.41, 5.74) is 1.25. The number of ketones is 1. The number of amides is 2. The Balaban J connectivity index is 1.51. The van der Waals surface area contributed by atoms with Gasteiger partial charge >= 0.3 is 0 Å². The summed E-state index contributed by atoms with van der Waals surface area (Å²) in [6, 6.07) is 16.0. The molecule has 0 bridgehead atoms. The molecule has 2 aromatic rings.